The molecule has 4 amide bonds. The standard InChI is InChI=1S/C17H24N6O4/c1-11-12(2)18-10-23(16(11)26)9-15(25)22-6-4-21(5-7-22)13-8-14(24)20(3)17(27)19-13/h10,13H,4-9H2,1-3H3,(H,19,27). The third-order valence-corrected chi connectivity index (χ3v) is 5.27. The first-order valence-corrected chi connectivity index (χ1v) is 8.89. The van der Waals surface area contributed by atoms with Crippen molar-refractivity contribution in [3.8, 4) is 0 Å². The van der Waals surface area contributed by atoms with Crippen LogP contribution in [0.1, 0.15) is 17.7 Å². The minimum atomic E-state index is -0.406. The van der Waals surface area contributed by atoms with Crippen molar-refractivity contribution >= 4 is 17.8 Å². The molecule has 0 aromatic carbocycles. The van der Waals surface area contributed by atoms with Crippen molar-refractivity contribution < 1.29 is 14.4 Å². The quantitative estimate of drug-likeness (QED) is 0.718. The van der Waals surface area contributed by atoms with E-state index in [-0.39, 0.29) is 36.5 Å². The molecule has 2 aliphatic rings. The molecule has 0 bridgehead atoms. The number of hydrogen-bond donors (Lipinski definition) is 1. The van der Waals surface area contributed by atoms with Crippen LogP contribution in [0.25, 0.3) is 0 Å². The summed E-state index contributed by atoms with van der Waals surface area (Å²) in [6.45, 7) is 5.46. The van der Waals surface area contributed by atoms with Crippen LogP contribution in [0, 0.1) is 13.8 Å². The van der Waals surface area contributed by atoms with E-state index in [0.717, 1.165) is 4.90 Å². The number of nitrogens with zero attached hydrogens (tertiary/aromatic N) is 5. The number of urea groups is 1. The predicted molar refractivity (Wildman–Crippen MR) is 95.8 cm³/mol. The molecule has 146 valence electrons. The van der Waals surface area contributed by atoms with Gasteiger partial charge in [-0.3, -0.25) is 28.8 Å². The largest absolute Gasteiger partial charge is 0.339 e. The van der Waals surface area contributed by atoms with Crippen molar-refractivity contribution in [3.05, 3.63) is 27.9 Å². The third-order valence-electron chi connectivity index (χ3n) is 5.27. The summed E-state index contributed by atoms with van der Waals surface area (Å²) in [5.74, 6) is -0.367. The van der Waals surface area contributed by atoms with Gasteiger partial charge in [0, 0.05) is 44.5 Å². The number of carbonyl (C=O) groups is 3. The zero-order valence-electron chi connectivity index (χ0n) is 15.8. The maximum absolute atomic E-state index is 12.5. The second-order valence-electron chi connectivity index (χ2n) is 6.93. The molecule has 0 radical (unpaired) electrons. The lowest BCUT2D eigenvalue weighted by Gasteiger charge is -2.41. The summed E-state index contributed by atoms with van der Waals surface area (Å²) in [7, 11) is 1.45. The fourth-order valence-electron chi connectivity index (χ4n) is 3.24. The molecule has 2 saturated heterocycles. The fraction of sp³-hybridized carbons (Fsp3) is 0.588. The highest BCUT2D eigenvalue weighted by Gasteiger charge is 2.34. The Bertz CT molecular complexity index is 809. The van der Waals surface area contributed by atoms with Gasteiger partial charge in [0.1, 0.15) is 6.54 Å². The molecule has 10 heteroatoms. The molecule has 1 unspecified atom stereocenters. The first-order chi connectivity index (χ1) is 12.8. The van der Waals surface area contributed by atoms with Gasteiger partial charge in [0.2, 0.25) is 11.8 Å². The zero-order chi connectivity index (χ0) is 19.7. The Morgan fingerprint density at radius 2 is 1.85 bits per heavy atom. The molecule has 1 atom stereocenters. The lowest BCUT2D eigenvalue weighted by atomic mass is 10.2. The number of nitrogens with one attached hydrogen (secondary N) is 1. The van der Waals surface area contributed by atoms with Crippen LogP contribution in [0.5, 0.6) is 0 Å². The summed E-state index contributed by atoms with van der Waals surface area (Å²) < 4.78 is 1.33. The van der Waals surface area contributed by atoms with E-state index >= 15 is 0 Å². The van der Waals surface area contributed by atoms with Gasteiger partial charge >= 0.3 is 6.03 Å². The van der Waals surface area contributed by atoms with E-state index in [9.17, 15) is 19.2 Å². The first-order valence-electron chi connectivity index (χ1n) is 8.89. The molecule has 1 aromatic heterocycles. The minimum Gasteiger partial charge on any atom is -0.339 e. The molecule has 1 aromatic rings. The van der Waals surface area contributed by atoms with Crippen molar-refractivity contribution in [2.24, 2.45) is 0 Å². The molecular formula is C17H24N6O4. The second-order valence-corrected chi connectivity index (χ2v) is 6.93. The third kappa shape index (κ3) is 3.85. The van der Waals surface area contributed by atoms with Gasteiger partial charge in [-0.15, -0.1) is 0 Å². The van der Waals surface area contributed by atoms with Crippen molar-refractivity contribution in [3.63, 3.8) is 0 Å². The van der Waals surface area contributed by atoms with E-state index in [0.29, 0.717) is 37.4 Å². The van der Waals surface area contributed by atoms with E-state index < -0.39 is 6.03 Å². The first kappa shape index (κ1) is 19.0. The summed E-state index contributed by atoms with van der Waals surface area (Å²) in [4.78, 5) is 57.3. The number of amides is 4. The van der Waals surface area contributed by atoms with Gasteiger partial charge in [-0.2, -0.15) is 0 Å². The highest BCUT2D eigenvalue weighted by Crippen LogP contribution is 2.13. The Balaban J connectivity index is 1.57. The van der Waals surface area contributed by atoms with E-state index in [1.54, 1.807) is 18.7 Å². The van der Waals surface area contributed by atoms with Gasteiger partial charge < -0.3 is 10.2 Å². The molecule has 0 saturated carbocycles. The molecule has 10 nitrogen and oxygen atoms in total. The van der Waals surface area contributed by atoms with Crippen molar-refractivity contribution in [1.82, 2.24) is 29.6 Å². The van der Waals surface area contributed by atoms with Gasteiger partial charge in [0.15, 0.2) is 0 Å². The molecule has 3 heterocycles. The van der Waals surface area contributed by atoms with E-state index in [2.05, 4.69) is 10.3 Å². The van der Waals surface area contributed by atoms with Crippen LogP contribution < -0.4 is 10.9 Å². The Labute approximate surface area is 156 Å². The average Bonchev–Trinajstić information content (AvgIpc) is 2.66. The minimum absolute atomic E-state index is 0.0452. The molecule has 0 aliphatic carbocycles. The summed E-state index contributed by atoms with van der Waals surface area (Å²) in [6.07, 6.45) is 1.28. The number of hydrogen-bond acceptors (Lipinski definition) is 6. The van der Waals surface area contributed by atoms with Gasteiger partial charge in [0.05, 0.1) is 18.9 Å². The number of aryl methyl sites for hydroxylation is 1. The predicted octanol–water partition coefficient (Wildman–Crippen LogP) is -1.10. The van der Waals surface area contributed by atoms with Crippen LogP contribution in [0.15, 0.2) is 11.1 Å². The van der Waals surface area contributed by atoms with Crippen LogP contribution in [0.4, 0.5) is 4.79 Å². The number of rotatable bonds is 3. The van der Waals surface area contributed by atoms with Crippen LogP contribution >= 0.6 is 0 Å². The van der Waals surface area contributed by atoms with Crippen molar-refractivity contribution in [2.45, 2.75) is 33.0 Å². The highest BCUT2D eigenvalue weighted by atomic mass is 16.2. The lowest BCUT2D eigenvalue weighted by Crippen LogP contribution is -2.62. The van der Waals surface area contributed by atoms with Crippen LogP contribution in [0.2, 0.25) is 0 Å². The molecule has 27 heavy (non-hydrogen) atoms. The van der Waals surface area contributed by atoms with Gasteiger partial charge in [-0.05, 0) is 13.8 Å². The zero-order valence-corrected chi connectivity index (χ0v) is 15.8. The summed E-state index contributed by atoms with van der Waals surface area (Å²) >= 11 is 0. The number of carbonyl (C=O) groups excluding carboxylic acids is 3. The maximum Gasteiger partial charge on any atom is 0.325 e. The van der Waals surface area contributed by atoms with Crippen molar-refractivity contribution in [1.29, 1.82) is 0 Å². The van der Waals surface area contributed by atoms with Crippen LogP contribution in [-0.2, 0) is 16.1 Å². The normalized spacial score (nSPS) is 21.4. The van der Waals surface area contributed by atoms with Gasteiger partial charge in [-0.25, -0.2) is 9.78 Å². The monoisotopic (exact) mass is 376 g/mol. The maximum atomic E-state index is 12.5. The van der Waals surface area contributed by atoms with Crippen LogP contribution in [-0.4, -0.2) is 81.5 Å². The molecule has 3 rings (SSSR count). The highest BCUT2D eigenvalue weighted by molar-refractivity contribution is 5.96. The van der Waals surface area contributed by atoms with Gasteiger partial charge in [-0.1, -0.05) is 0 Å². The molecule has 2 aliphatic heterocycles. The Kier molecular flexibility index (Phi) is 5.26. The molecular weight excluding hydrogens is 352 g/mol. The van der Waals surface area contributed by atoms with Gasteiger partial charge in [0.25, 0.3) is 5.56 Å². The average molecular weight is 376 g/mol. The number of imide groups is 1. The van der Waals surface area contributed by atoms with Crippen LogP contribution in [0.3, 0.4) is 0 Å². The molecule has 0 spiro atoms. The summed E-state index contributed by atoms with van der Waals surface area (Å²) in [6, 6.07) is -0.406. The fourth-order valence-corrected chi connectivity index (χ4v) is 3.24. The Morgan fingerprint density at radius 1 is 1.19 bits per heavy atom. The summed E-state index contributed by atoms with van der Waals surface area (Å²) in [5.41, 5.74) is 0.992. The Hall–Kier alpha value is -2.75. The SMILES string of the molecule is Cc1ncn(CC(=O)N2CCN(C3CC(=O)N(C)C(=O)N3)CC2)c(=O)c1C. The van der Waals surface area contributed by atoms with E-state index in [4.69, 9.17) is 0 Å². The second kappa shape index (κ2) is 7.47. The van der Waals surface area contributed by atoms with E-state index in [1.807, 2.05) is 4.90 Å². The lowest BCUT2D eigenvalue weighted by molar-refractivity contribution is -0.136. The molecule has 1 N–H and O–H groups in total. The van der Waals surface area contributed by atoms with E-state index in [1.165, 1.54) is 17.9 Å². The number of aromatic nitrogens is 2. The Morgan fingerprint density at radius 3 is 2.48 bits per heavy atom. The smallest absolute Gasteiger partial charge is 0.325 e. The number of piperazine rings is 1. The summed E-state index contributed by atoms with van der Waals surface area (Å²) in [5, 5.41) is 2.80. The topological polar surface area (TPSA) is 108 Å². The van der Waals surface area contributed by atoms with Crippen molar-refractivity contribution in [2.75, 3.05) is 33.2 Å². The molecule has 2 fully saturated rings.